The number of rotatable bonds is 4. The molecule has 2 heterocycles. The Balaban J connectivity index is 2.11. The third kappa shape index (κ3) is 3.01. The van der Waals surface area contributed by atoms with Crippen molar-refractivity contribution >= 4 is 23.5 Å². The Morgan fingerprint density at radius 3 is 3.00 bits per heavy atom. The van der Waals surface area contributed by atoms with Crippen molar-refractivity contribution in [3.8, 4) is 0 Å². The summed E-state index contributed by atoms with van der Waals surface area (Å²) >= 11 is 4.06. The summed E-state index contributed by atoms with van der Waals surface area (Å²) in [6, 6.07) is 2.18. The predicted molar refractivity (Wildman–Crippen MR) is 77.6 cm³/mol. The molecule has 0 aromatic carbocycles. The van der Waals surface area contributed by atoms with E-state index in [1.165, 1.54) is 17.2 Å². The molecule has 5 heteroatoms. The first-order chi connectivity index (χ1) is 8.24. The van der Waals surface area contributed by atoms with Gasteiger partial charge in [0.05, 0.1) is 11.7 Å². The molecule has 1 aliphatic heterocycles. The molecule has 0 saturated carbocycles. The van der Waals surface area contributed by atoms with Gasteiger partial charge in [-0.2, -0.15) is 28.6 Å². The van der Waals surface area contributed by atoms with Gasteiger partial charge in [0.2, 0.25) is 0 Å². The number of thioether (sulfide) groups is 2. The minimum Gasteiger partial charge on any atom is -0.322 e. The largest absolute Gasteiger partial charge is 0.322 e. The van der Waals surface area contributed by atoms with Gasteiger partial charge in [0, 0.05) is 34.7 Å². The fourth-order valence-electron chi connectivity index (χ4n) is 2.24. The highest BCUT2D eigenvalue weighted by Crippen LogP contribution is 2.37. The zero-order valence-corrected chi connectivity index (χ0v) is 12.1. The standard InChI is InChI=1S/C12H21N3S2/c1-3-6-15-10(4-5-14-15)11(13)12-9(2)16-7-8-17-12/h4-5,9,11-12H,3,6-8,13H2,1-2H3. The van der Waals surface area contributed by atoms with Crippen LogP contribution in [0, 0.1) is 0 Å². The van der Waals surface area contributed by atoms with E-state index in [0.717, 1.165) is 13.0 Å². The van der Waals surface area contributed by atoms with Gasteiger partial charge in [0.1, 0.15) is 0 Å². The lowest BCUT2D eigenvalue weighted by Crippen LogP contribution is -2.35. The fraction of sp³-hybridized carbons (Fsp3) is 0.750. The quantitative estimate of drug-likeness (QED) is 0.914. The molecule has 2 N–H and O–H groups in total. The van der Waals surface area contributed by atoms with Crippen molar-refractivity contribution in [3.63, 3.8) is 0 Å². The molecule has 2 rings (SSSR count). The zero-order valence-electron chi connectivity index (χ0n) is 10.5. The molecule has 0 aliphatic carbocycles. The molecular formula is C12H21N3S2. The van der Waals surface area contributed by atoms with Gasteiger partial charge in [-0.3, -0.25) is 4.68 Å². The van der Waals surface area contributed by atoms with Crippen LogP contribution in [0.2, 0.25) is 0 Å². The monoisotopic (exact) mass is 271 g/mol. The van der Waals surface area contributed by atoms with Crippen molar-refractivity contribution < 1.29 is 0 Å². The molecule has 1 aliphatic rings. The number of nitrogens with zero attached hydrogens (tertiary/aromatic N) is 2. The Bertz CT molecular complexity index is 353. The summed E-state index contributed by atoms with van der Waals surface area (Å²) < 4.78 is 2.07. The van der Waals surface area contributed by atoms with E-state index in [1.807, 2.05) is 29.7 Å². The Labute approximate surface area is 112 Å². The average molecular weight is 271 g/mol. The van der Waals surface area contributed by atoms with Gasteiger partial charge in [-0.1, -0.05) is 13.8 Å². The first kappa shape index (κ1) is 13.3. The highest BCUT2D eigenvalue weighted by Gasteiger charge is 2.30. The SMILES string of the molecule is CCCn1nccc1C(N)C1SCCSC1C. The summed E-state index contributed by atoms with van der Waals surface area (Å²) in [5.74, 6) is 2.47. The Morgan fingerprint density at radius 1 is 1.53 bits per heavy atom. The number of hydrogen-bond donors (Lipinski definition) is 1. The minimum atomic E-state index is 0.108. The molecule has 96 valence electrons. The lowest BCUT2D eigenvalue weighted by molar-refractivity contribution is 0.528. The summed E-state index contributed by atoms with van der Waals surface area (Å²) in [7, 11) is 0. The van der Waals surface area contributed by atoms with Crippen LogP contribution in [-0.4, -0.2) is 31.8 Å². The molecule has 0 bridgehead atoms. The fourth-order valence-corrected chi connectivity index (χ4v) is 5.10. The van der Waals surface area contributed by atoms with Gasteiger partial charge >= 0.3 is 0 Å². The van der Waals surface area contributed by atoms with E-state index in [1.54, 1.807) is 0 Å². The lowest BCUT2D eigenvalue weighted by Gasteiger charge is -2.32. The zero-order chi connectivity index (χ0) is 12.3. The molecule has 0 amide bonds. The number of aromatic nitrogens is 2. The summed E-state index contributed by atoms with van der Waals surface area (Å²) in [6.07, 6.45) is 2.97. The van der Waals surface area contributed by atoms with Crippen LogP contribution in [0.1, 0.15) is 32.0 Å². The van der Waals surface area contributed by atoms with E-state index in [2.05, 4.69) is 29.7 Å². The second-order valence-electron chi connectivity index (χ2n) is 4.42. The highest BCUT2D eigenvalue weighted by molar-refractivity contribution is 8.07. The van der Waals surface area contributed by atoms with Gasteiger partial charge in [0.25, 0.3) is 0 Å². The van der Waals surface area contributed by atoms with Gasteiger partial charge in [-0.05, 0) is 12.5 Å². The first-order valence-corrected chi connectivity index (χ1v) is 8.34. The number of nitrogens with two attached hydrogens (primary N) is 1. The highest BCUT2D eigenvalue weighted by atomic mass is 32.2. The van der Waals surface area contributed by atoms with Crippen LogP contribution in [0.3, 0.4) is 0 Å². The van der Waals surface area contributed by atoms with E-state index < -0.39 is 0 Å². The molecule has 0 spiro atoms. The summed E-state index contributed by atoms with van der Waals surface area (Å²) in [6.45, 7) is 5.43. The normalized spacial score (nSPS) is 27.0. The molecule has 1 fully saturated rings. The van der Waals surface area contributed by atoms with Gasteiger partial charge < -0.3 is 5.73 Å². The Kier molecular flexibility index (Phi) is 4.82. The first-order valence-electron chi connectivity index (χ1n) is 6.24. The molecular weight excluding hydrogens is 250 g/mol. The summed E-state index contributed by atoms with van der Waals surface area (Å²) in [5.41, 5.74) is 7.63. The van der Waals surface area contributed by atoms with Crippen molar-refractivity contribution in [2.75, 3.05) is 11.5 Å². The summed E-state index contributed by atoms with van der Waals surface area (Å²) in [5, 5.41) is 5.52. The van der Waals surface area contributed by atoms with Crippen LogP contribution in [0.4, 0.5) is 0 Å². The van der Waals surface area contributed by atoms with Crippen molar-refractivity contribution in [1.82, 2.24) is 9.78 Å². The van der Waals surface area contributed by atoms with Crippen LogP contribution in [-0.2, 0) is 6.54 Å². The third-order valence-electron chi connectivity index (χ3n) is 3.12. The average Bonchev–Trinajstić information content (AvgIpc) is 2.78. The van der Waals surface area contributed by atoms with Gasteiger partial charge in [-0.15, -0.1) is 0 Å². The number of hydrogen-bond acceptors (Lipinski definition) is 4. The van der Waals surface area contributed by atoms with Crippen molar-refractivity contribution in [3.05, 3.63) is 18.0 Å². The topological polar surface area (TPSA) is 43.8 Å². The van der Waals surface area contributed by atoms with Crippen molar-refractivity contribution in [2.24, 2.45) is 5.73 Å². The molecule has 1 aromatic heterocycles. The molecule has 1 aromatic rings. The minimum absolute atomic E-state index is 0.108. The molecule has 0 radical (unpaired) electrons. The Morgan fingerprint density at radius 2 is 2.29 bits per heavy atom. The van der Waals surface area contributed by atoms with Crippen molar-refractivity contribution in [2.45, 2.75) is 43.4 Å². The van der Waals surface area contributed by atoms with E-state index in [0.29, 0.717) is 10.5 Å². The van der Waals surface area contributed by atoms with E-state index in [4.69, 9.17) is 5.73 Å². The van der Waals surface area contributed by atoms with Gasteiger partial charge in [-0.25, -0.2) is 0 Å². The van der Waals surface area contributed by atoms with Crippen LogP contribution < -0.4 is 5.73 Å². The third-order valence-corrected chi connectivity index (χ3v) is 6.33. The maximum Gasteiger partial charge on any atom is 0.0598 e. The second kappa shape index (κ2) is 6.16. The summed E-state index contributed by atoms with van der Waals surface area (Å²) in [4.78, 5) is 0. The second-order valence-corrected chi connectivity index (χ2v) is 7.19. The molecule has 3 atom stereocenters. The maximum atomic E-state index is 6.44. The number of aryl methyl sites for hydroxylation is 1. The van der Waals surface area contributed by atoms with E-state index in [-0.39, 0.29) is 6.04 Å². The van der Waals surface area contributed by atoms with Crippen LogP contribution in [0.25, 0.3) is 0 Å². The van der Waals surface area contributed by atoms with Crippen LogP contribution in [0.15, 0.2) is 12.3 Å². The van der Waals surface area contributed by atoms with E-state index >= 15 is 0 Å². The van der Waals surface area contributed by atoms with E-state index in [9.17, 15) is 0 Å². The van der Waals surface area contributed by atoms with Gasteiger partial charge in [0.15, 0.2) is 0 Å². The molecule has 17 heavy (non-hydrogen) atoms. The Hall–Kier alpha value is -0.130. The van der Waals surface area contributed by atoms with Crippen LogP contribution in [0.5, 0.6) is 0 Å². The molecule has 3 nitrogen and oxygen atoms in total. The molecule has 3 unspecified atom stereocenters. The van der Waals surface area contributed by atoms with Crippen LogP contribution >= 0.6 is 23.5 Å². The molecule has 1 saturated heterocycles. The smallest absolute Gasteiger partial charge is 0.0598 e. The lowest BCUT2D eigenvalue weighted by atomic mass is 10.1. The van der Waals surface area contributed by atoms with Crippen molar-refractivity contribution in [1.29, 1.82) is 0 Å². The maximum absolute atomic E-state index is 6.44. The predicted octanol–water partition coefficient (Wildman–Crippen LogP) is 2.53.